The molecule has 0 radical (unpaired) electrons. The zero-order valence-electron chi connectivity index (χ0n) is 13.7. The number of rotatable bonds is 7. The lowest BCUT2D eigenvalue weighted by atomic mass is 10.2. The third-order valence-corrected chi connectivity index (χ3v) is 3.17. The van der Waals surface area contributed by atoms with Crippen LogP contribution in [0.4, 0.5) is 11.5 Å². The van der Waals surface area contributed by atoms with E-state index < -0.39 is 0 Å². The van der Waals surface area contributed by atoms with E-state index >= 15 is 0 Å². The second-order valence-electron chi connectivity index (χ2n) is 5.28. The molecule has 0 aliphatic rings. The maximum Gasteiger partial charge on any atom is 0.270 e. The molecule has 1 aromatic heterocycles. The first-order chi connectivity index (χ1) is 11.1. The van der Waals surface area contributed by atoms with Gasteiger partial charge in [0.15, 0.2) is 0 Å². The molecular weight excluding hydrogens is 292 g/mol. The molecule has 0 aliphatic heterocycles. The molecule has 6 heteroatoms. The Kier molecular flexibility index (Phi) is 6.05. The van der Waals surface area contributed by atoms with Crippen LogP contribution in [-0.4, -0.2) is 36.1 Å². The second kappa shape index (κ2) is 8.24. The van der Waals surface area contributed by atoms with Gasteiger partial charge in [0.25, 0.3) is 5.91 Å². The van der Waals surface area contributed by atoms with Gasteiger partial charge in [0.05, 0.1) is 0 Å². The van der Waals surface area contributed by atoms with Crippen LogP contribution in [0.2, 0.25) is 0 Å². The Labute approximate surface area is 136 Å². The quantitative estimate of drug-likeness (QED) is 0.768. The highest BCUT2D eigenvalue weighted by Crippen LogP contribution is 2.16. The van der Waals surface area contributed by atoms with E-state index in [4.69, 9.17) is 4.74 Å². The van der Waals surface area contributed by atoms with Gasteiger partial charge in [-0.2, -0.15) is 0 Å². The second-order valence-corrected chi connectivity index (χ2v) is 5.28. The van der Waals surface area contributed by atoms with Gasteiger partial charge < -0.3 is 15.4 Å². The largest absolute Gasteiger partial charge is 0.385 e. The van der Waals surface area contributed by atoms with Crippen LogP contribution >= 0.6 is 0 Å². The molecule has 0 saturated carbocycles. The Morgan fingerprint density at radius 3 is 2.78 bits per heavy atom. The van der Waals surface area contributed by atoms with E-state index in [0.29, 0.717) is 30.5 Å². The number of aromatic nitrogens is 2. The molecule has 0 bridgehead atoms. The summed E-state index contributed by atoms with van der Waals surface area (Å²) < 4.78 is 4.96. The van der Waals surface area contributed by atoms with Crippen LogP contribution < -0.4 is 10.6 Å². The molecule has 23 heavy (non-hydrogen) atoms. The molecular formula is C17H22N4O2. The summed E-state index contributed by atoms with van der Waals surface area (Å²) >= 11 is 0. The number of anilines is 2. The first-order valence-electron chi connectivity index (χ1n) is 7.55. The Bertz CT molecular complexity index is 673. The lowest BCUT2D eigenvalue weighted by Crippen LogP contribution is -2.26. The Morgan fingerprint density at radius 2 is 2.04 bits per heavy atom. The van der Waals surface area contributed by atoms with E-state index in [-0.39, 0.29) is 5.91 Å². The SMILES string of the molecule is COCCCNC(=O)c1cc(Nc2cccc(C)c2)nc(C)n1. The number of carbonyl (C=O) groups excluding carboxylic acids is 1. The van der Waals surface area contributed by atoms with Crippen molar-refractivity contribution in [1.29, 1.82) is 0 Å². The highest BCUT2D eigenvalue weighted by Gasteiger charge is 2.10. The molecule has 0 saturated heterocycles. The number of methoxy groups -OCH3 is 1. The smallest absolute Gasteiger partial charge is 0.270 e. The molecule has 0 unspecified atom stereocenters. The molecule has 122 valence electrons. The van der Waals surface area contributed by atoms with Crippen LogP contribution in [0.3, 0.4) is 0 Å². The van der Waals surface area contributed by atoms with Gasteiger partial charge in [-0.25, -0.2) is 9.97 Å². The van der Waals surface area contributed by atoms with Crippen molar-refractivity contribution in [2.45, 2.75) is 20.3 Å². The van der Waals surface area contributed by atoms with Crippen molar-refractivity contribution in [3.8, 4) is 0 Å². The standard InChI is InChI=1S/C17H22N4O2/c1-12-6-4-7-14(10-12)21-16-11-15(19-13(2)20-16)17(22)18-8-5-9-23-3/h4,6-7,10-11H,5,8-9H2,1-3H3,(H,18,22)(H,19,20,21). The van der Waals surface area contributed by atoms with Gasteiger partial charge in [0.1, 0.15) is 17.3 Å². The van der Waals surface area contributed by atoms with E-state index in [1.165, 1.54) is 0 Å². The minimum atomic E-state index is -0.209. The number of amides is 1. The number of hydrogen-bond donors (Lipinski definition) is 2. The summed E-state index contributed by atoms with van der Waals surface area (Å²) in [4.78, 5) is 20.7. The Morgan fingerprint density at radius 1 is 1.22 bits per heavy atom. The normalized spacial score (nSPS) is 10.4. The van der Waals surface area contributed by atoms with Gasteiger partial charge >= 0.3 is 0 Å². The highest BCUT2D eigenvalue weighted by atomic mass is 16.5. The highest BCUT2D eigenvalue weighted by molar-refractivity contribution is 5.93. The van der Waals surface area contributed by atoms with Crippen LogP contribution in [0.15, 0.2) is 30.3 Å². The molecule has 0 spiro atoms. The molecule has 2 N–H and O–H groups in total. The number of nitrogens with one attached hydrogen (secondary N) is 2. The summed E-state index contributed by atoms with van der Waals surface area (Å²) in [6, 6.07) is 9.61. The van der Waals surface area contributed by atoms with Crippen molar-refractivity contribution < 1.29 is 9.53 Å². The van der Waals surface area contributed by atoms with Gasteiger partial charge in [-0.1, -0.05) is 12.1 Å². The molecule has 2 aromatic rings. The van der Waals surface area contributed by atoms with Gasteiger partial charge in [-0.05, 0) is 38.0 Å². The molecule has 0 fully saturated rings. The summed E-state index contributed by atoms with van der Waals surface area (Å²) in [5.74, 6) is 0.939. The predicted molar refractivity (Wildman–Crippen MR) is 90.1 cm³/mol. The third-order valence-electron chi connectivity index (χ3n) is 3.17. The minimum Gasteiger partial charge on any atom is -0.385 e. The number of aryl methyl sites for hydroxylation is 2. The maximum atomic E-state index is 12.1. The molecule has 2 rings (SSSR count). The maximum absolute atomic E-state index is 12.1. The van der Waals surface area contributed by atoms with Crippen molar-refractivity contribution >= 4 is 17.4 Å². The monoisotopic (exact) mass is 314 g/mol. The fourth-order valence-corrected chi connectivity index (χ4v) is 2.13. The number of ether oxygens (including phenoxy) is 1. The van der Waals surface area contributed by atoms with Crippen LogP contribution in [0.25, 0.3) is 0 Å². The predicted octanol–water partition coefficient (Wildman–Crippen LogP) is 2.60. The first kappa shape index (κ1) is 16.9. The lowest BCUT2D eigenvalue weighted by Gasteiger charge is -2.09. The molecule has 1 heterocycles. The third kappa shape index (κ3) is 5.34. The lowest BCUT2D eigenvalue weighted by molar-refractivity contribution is 0.0943. The van der Waals surface area contributed by atoms with Crippen molar-refractivity contribution in [2.75, 3.05) is 25.6 Å². The van der Waals surface area contributed by atoms with Crippen LogP contribution in [0.1, 0.15) is 28.3 Å². The fourth-order valence-electron chi connectivity index (χ4n) is 2.13. The molecule has 1 aromatic carbocycles. The van der Waals surface area contributed by atoms with E-state index in [1.807, 2.05) is 31.2 Å². The van der Waals surface area contributed by atoms with Crippen molar-refractivity contribution in [2.24, 2.45) is 0 Å². The van der Waals surface area contributed by atoms with E-state index in [1.54, 1.807) is 20.1 Å². The summed E-state index contributed by atoms with van der Waals surface area (Å²) in [6.45, 7) is 4.96. The zero-order valence-corrected chi connectivity index (χ0v) is 13.7. The van der Waals surface area contributed by atoms with Crippen molar-refractivity contribution in [3.05, 3.63) is 47.4 Å². The minimum absolute atomic E-state index is 0.209. The van der Waals surface area contributed by atoms with Gasteiger partial charge in [-0.3, -0.25) is 4.79 Å². The zero-order chi connectivity index (χ0) is 16.7. The number of hydrogen-bond acceptors (Lipinski definition) is 5. The first-order valence-corrected chi connectivity index (χ1v) is 7.55. The average Bonchev–Trinajstić information content (AvgIpc) is 2.51. The molecule has 6 nitrogen and oxygen atoms in total. The van der Waals surface area contributed by atoms with Crippen molar-refractivity contribution in [1.82, 2.24) is 15.3 Å². The Hall–Kier alpha value is -2.47. The molecule has 1 amide bonds. The summed E-state index contributed by atoms with van der Waals surface area (Å²) in [5.41, 5.74) is 2.43. The van der Waals surface area contributed by atoms with Gasteiger partial charge in [0.2, 0.25) is 0 Å². The summed E-state index contributed by atoms with van der Waals surface area (Å²) in [5, 5.41) is 6.03. The van der Waals surface area contributed by atoms with Gasteiger partial charge in [0, 0.05) is 32.0 Å². The van der Waals surface area contributed by atoms with Crippen molar-refractivity contribution in [3.63, 3.8) is 0 Å². The average molecular weight is 314 g/mol. The van der Waals surface area contributed by atoms with E-state index in [9.17, 15) is 4.79 Å². The van der Waals surface area contributed by atoms with Gasteiger partial charge in [-0.15, -0.1) is 0 Å². The van der Waals surface area contributed by atoms with E-state index in [2.05, 4.69) is 20.6 Å². The van der Waals surface area contributed by atoms with Crippen LogP contribution in [0, 0.1) is 13.8 Å². The fraction of sp³-hybridized carbons (Fsp3) is 0.353. The summed E-state index contributed by atoms with van der Waals surface area (Å²) in [7, 11) is 1.64. The topological polar surface area (TPSA) is 76.1 Å². The Balaban J connectivity index is 2.07. The number of nitrogens with zero attached hydrogens (tertiary/aromatic N) is 2. The molecule has 0 atom stereocenters. The van der Waals surface area contributed by atoms with E-state index in [0.717, 1.165) is 17.7 Å². The molecule has 0 aliphatic carbocycles. The number of benzene rings is 1. The summed E-state index contributed by atoms with van der Waals surface area (Å²) in [6.07, 6.45) is 0.765. The van der Waals surface area contributed by atoms with Crippen LogP contribution in [0.5, 0.6) is 0 Å². The number of carbonyl (C=O) groups is 1. The van der Waals surface area contributed by atoms with Crippen LogP contribution in [-0.2, 0) is 4.74 Å².